The Bertz CT molecular complexity index is 635. The Kier molecular flexibility index (Phi) is 19.2. The van der Waals surface area contributed by atoms with Gasteiger partial charge in [-0.05, 0) is 103 Å². The first-order valence-electron chi connectivity index (χ1n) is 18.1. The fourth-order valence-corrected chi connectivity index (χ4v) is 8.46. The maximum absolute atomic E-state index is 10.9. The fraction of sp³-hybridized carbons (Fsp3) is 1.00. The van der Waals surface area contributed by atoms with Crippen LogP contribution in [0.2, 0.25) is 0 Å². The highest BCUT2D eigenvalue weighted by Crippen LogP contribution is 2.53. The van der Waals surface area contributed by atoms with Crippen LogP contribution in [-0.4, -0.2) is 47.3 Å². The number of hydrogen-bond donors (Lipinski definition) is 1. The number of hydrogen-bond acceptors (Lipinski definition) is 4. The smallest absolute Gasteiger partial charge is 0.0737 e. The van der Waals surface area contributed by atoms with E-state index in [1.54, 1.807) is 0 Å². The Morgan fingerprint density at radius 3 is 1.37 bits per heavy atom. The third-order valence-electron chi connectivity index (χ3n) is 12.1. The molecule has 0 aliphatic rings. The van der Waals surface area contributed by atoms with Crippen molar-refractivity contribution in [2.45, 2.75) is 215 Å². The normalized spacial score (nSPS) is 14.7. The molecule has 0 aromatic rings. The minimum Gasteiger partial charge on any atom is -0.390 e. The molecule has 0 rings (SSSR count). The number of rotatable bonds is 26. The lowest BCUT2D eigenvalue weighted by Gasteiger charge is -2.54. The highest BCUT2D eigenvalue weighted by molar-refractivity contribution is 5.02. The van der Waals surface area contributed by atoms with E-state index in [0.717, 1.165) is 96.5 Å². The Labute approximate surface area is 258 Å². The van der Waals surface area contributed by atoms with Crippen molar-refractivity contribution in [3.05, 3.63) is 0 Å². The van der Waals surface area contributed by atoms with Crippen molar-refractivity contribution in [2.24, 2.45) is 10.8 Å². The molecule has 0 aliphatic heterocycles. The summed E-state index contributed by atoms with van der Waals surface area (Å²) in [5.74, 6) is 0. The van der Waals surface area contributed by atoms with E-state index in [-0.39, 0.29) is 28.1 Å². The van der Waals surface area contributed by atoms with Crippen molar-refractivity contribution >= 4 is 0 Å². The molecule has 0 bridgehead atoms. The standard InChI is InChI=1S/C37H76O4/c1-14-32(15-2)39-28-26-33(16-3,17-4)37(24-11,25-12)41-31(13)30-34(18-5,19-6)36(22-9,23-10)40-29-27-35(38,20-7)21-8/h31-32,38H,14-30H2,1-13H3. The summed E-state index contributed by atoms with van der Waals surface area (Å²) >= 11 is 0. The van der Waals surface area contributed by atoms with Gasteiger partial charge in [-0.25, -0.2) is 0 Å². The van der Waals surface area contributed by atoms with Crippen LogP contribution in [0, 0.1) is 10.8 Å². The molecule has 0 spiro atoms. The molecular formula is C37H76O4. The predicted molar refractivity (Wildman–Crippen MR) is 179 cm³/mol. The second-order valence-corrected chi connectivity index (χ2v) is 13.1. The molecule has 41 heavy (non-hydrogen) atoms. The second kappa shape index (κ2) is 19.3. The topological polar surface area (TPSA) is 47.9 Å². The molecule has 0 amide bonds. The Morgan fingerprint density at radius 1 is 0.537 bits per heavy atom. The maximum atomic E-state index is 10.9. The van der Waals surface area contributed by atoms with Crippen LogP contribution in [0.4, 0.5) is 0 Å². The molecule has 4 heteroatoms. The van der Waals surface area contributed by atoms with E-state index < -0.39 is 5.60 Å². The minimum absolute atomic E-state index is 0.0133. The molecule has 0 saturated carbocycles. The van der Waals surface area contributed by atoms with Gasteiger partial charge in [0.2, 0.25) is 0 Å². The Balaban J connectivity index is 6.19. The summed E-state index contributed by atoms with van der Waals surface area (Å²) in [6.07, 6.45) is 15.2. The summed E-state index contributed by atoms with van der Waals surface area (Å²) < 4.78 is 20.7. The molecule has 4 nitrogen and oxygen atoms in total. The lowest BCUT2D eigenvalue weighted by molar-refractivity contribution is -0.209. The van der Waals surface area contributed by atoms with E-state index in [4.69, 9.17) is 14.2 Å². The van der Waals surface area contributed by atoms with Gasteiger partial charge in [-0.3, -0.25) is 0 Å². The lowest BCUT2D eigenvalue weighted by atomic mass is 9.61. The van der Waals surface area contributed by atoms with E-state index in [0.29, 0.717) is 19.1 Å². The van der Waals surface area contributed by atoms with Gasteiger partial charge < -0.3 is 19.3 Å². The van der Waals surface area contributed by atoms with Gasteiger partial charge in [0.1, 0.15) is 0 Å². The Morgan fingerprint density at radius 2 is 1.00 bits per heavy atom. The van der Waals surface area contributed by atoms with Crippen LogP contribution in [0.15, 0.2) is 0 Å². The van der Waals surface area contributed by atoms with Crippen LogP contribution in [0.1, 0.15) is 186 Å². The fourth-order valence-electron chi connectivity index (χ4n) is 8.46. The molecular weight excluding hydrogens is 508 g/mol. The van der Waals surface area contributed by atoms with Crippen LogP contribution < -0.4 is 0 Å². The summed E-state index contributed by atoms with van der Waals surface area (Å²) in [7, 11) is 0. The molecule has 1 atom stereocenters. The van der Waals surface area contributed by atoms with E-state index in [2.05, 4.69) is 90.0 Å². The molecule has 0 aromatic heterocycles. The highest BCUT2D eigenvalue weighted by atomic mass is 16.5. The van der Waals surface area contributed by atoms with Gasteiger partial charge in [0, 0.05) is 17.4 Å². The molecule has 0 aromatic carbocycles. The third kappa shape index (κ3) is 9.66. The van der Waals surface area contributed by atoms with Crippen LogP contribution in [0.3, 0.4) is 0 Å². The van der Waals surface area contributed by atoms with Crippen molar-refractivity contribution in [1.29, 1.82) is 0 Å². The summed E-state index contributed by atoms with van der Waals surface area (Å²) in [4.78, 5) is 0. The van der Waals surface area contributed by atoms with E-state index in [1.165, 1.54) is 0 Å². The van der Waals surface area contributed by atoms with Gasteiger partial charge in [-0.15, -0.1) is 0 Å². The van der Waals surface area contributed by atoms with Crippen molar-refractivity contribution in [1.82, 2.24) is 0 Å². The molecule has 0 fully saturated rings. The zero-order chi connectivity index (χ0) is 31.8. The van der Waals surface area contributed by atoms with E-state index >= 15 is 0 Å². The zero-order valence-electron chi connectivity index (χ0n) is 30.3. The first-order valence-corrected chi connectivity index (χ1v) is 18.1. The van der Waals surface area contributed by atoms with Crippen LogP contribution in [0.25, 0.3) is 0 Å². The summed E-state index contributed by atoms with van der Waals surface area (Å²) in [6.45, 7) is 31.0. The average molecular weight is 585 g/mol. The van der Waals surface area contributed by atoms with Gasteiger partial charge in [0.15, 0.2) is 0 Å². The lowest BCUT2D eigenvalue weighted by Crippen LogP contribution is -2.54. The van der Waals surface area contributed by atoms with Crippen molar-refractivity contribution in [3.63, 3.8) is 0 Å². The van der Waals surface area contributed by atoms with Crippen molar-refractivity contribution < 1.29 is 19.3 Å². The van der Waals surface area contributed by atoms with Gasteiger partial charge in [0.25, 0.3) is 0 Å². The highest BCUT2D eigenvalue weighted by Gasteiger charge is 2.52. The minimum atomic E-state index is -0.631. The second-order valence-electron chi connectivity index (χ2n) is 13.1. The van der Waals surface area contributed by atoms with E-state index in [1.807, 2.05) is 0 Å². The van der Waals surface area contributed by atoms with E-state index in [9.17, 15) is 5.11 Å². The Hall–Kier alpha value is -0.160. The van der Waals surface area contributed by atoms with Gasteiger partial charge in [-0.2, -0.15) is 0 Å². The molecule has 1 unspecified atom stereocenters. The van der Waals surface area contributed by atoms with Gasteiger partial charge in [0.05, 0.1) is 35.6 Å². The molecule has 248 valence electrons. The average Bonchev–Trinajstić information content (AvgIpc) is 3.01. The maximum Gasteiger partial charge on any atom is 0.0737 e. The largest absolute Gasteiger partial charge is 0.390 e. The van der Waals surface area contributed by atoms with Crippen molar-refractivity contribution in [2.75, 3.05) is 13.2 Å². The number of ether oxygens (including phenoxy) is 3. The van der Waals surface area contributed by atoms with Gasteiger partial charge in [-0.1, -0.05) is 83.1 Å². The predicted octanol–water partition coefficient (Wildman–Crippen LogP) is 11.1. The molecule has 0 radical (unpaired) electrons. The van der Waals surface area contributed by atoms with Crippen LogP contribution in [-0.2, 0) is 14.2 Å². The third-order valence-corrected chi connectivity index (χ3v) is 12.1. The first-order chi connectivity index (χ1) is 19.4. The number of aliphatic hydroxyl groups is 1. The first kappa shape index (κ1) is 40.8. The zero-order valence-corrected chi connectivity index (χ0v) is 30.3. The van der Waals surface area contributed by atoms with Crippen molar-refractivity contribution in [3.8, 4) is 0 Å². The molecule has 0 saturated heterocycles. The SMILES string of the molecule is CCC(CC)OCCC(CC)(CC)C(CC)(CC)OC(C)CC(CC)(CC)C(CC)(CC)OCCC(O)(CC)CC. The van der Waals surface area contributed by atoms with Crippen LogP contribution in [0.5, 0.6) is 0 Å². The molecule has 0 aliphatic carbocycles. The molecule has 1 N–H and O–H groups in total. The summed E-state index contributed by atoms with van der Waals surface area (Å²) in [6, 6.07) is 0. The molecule has 0 heterocycles. The quantitative estimate of drug-likeness (QED) is 0.110. The summed E-state index contributed by atoms with van der Waals surface area (Å²) in [5.41, 5.74) is -0.937. The van der Waals surface area contributed by atoms with Gasteiger partial charge >= 0.3 is 0 Å². The monoisotopic (exact) mass is 585 g/mol. The summed E-state index contributed by atoms with van der Waals surface area (Å²) in [5, 5.41) is 10.9. The van der Waals surface area contributed by atoms with Crippen LogP contribution >= 0.6 is 0 Å².